The lowest BCUT2D eigenvalue weighted by Crippen LogP contribution is -2.51. The molecule has 0 bridgehead atoms. The van der Waals surface area contributed by atoms with Crippen LogP contribution in [-0.4, -0.2) is 113 Å². The van der Waals surface area contributed by atoms with Crippen LogP contribution in [0.5, 0.6) is 0 Å². The number of carboxylic acids is 3. The highest BCUT2D eigenvalue weighted by Gasteiger charge is 2.42. The largest absolute Gasteiger partial charge is 0.480 e. The number of hydrogen-bond donors (Lipinski definition) is 8. The number of carbonyl (C=O) groups is 7. The van der Waals surface area contributed by atoms with Crippen LogP contribution >= 0.6 is 0 Å². The molecule has 286 valence electrons. The third-order valence-corrected chi connectivity index (χ3v) is 7.74. The van der Waals surface area contributed by atoms with Crippen molar-refractivity contribution in [2.75, 3.05) is 13.1 Å². The van der Waals surface area contributed by atoms with Gasteiger partial charge in [0.15, 0.2) is 5.60 Å². The number of aliphatic hydroxyl groups is 1. The molecule has 2 aromatic carbocycles. The zero-order valence-electron chi connectivity index (χ0n) is 28.7. The minimum atomic E-state index is -3.03. The SMILES string of the molecule is O=C(CC(O)(CC(=O)NC(CCCCN(O)C(=O)C=Cc1ccccc1)C(=O)O)C(=O)O)NC(CCCCN(O)C(=O)C=Cc1ccccc1)C(=O)O. The molecule has 0 saturated heterocycles. The maximum absolute atomic E-state index is 12.6. The molecule has 17 nitrogen and oxygen atoms in total. The van der Waals surface area contributed by atoms with E-state index in [1.54, 1.807) is 60.7 Å². The zero-order valence-corrected chi connectivity index (χ0v) is 28.7. The van der Waals surface area contributed by atoms with Crippen LogP contribution in [0.25, 0.3) is 12.2 Å². The van der Waals surface area contributed by atoms with Crippen molar-refractivity contribution in [3.63, 3.8) is 0 Å². The summed E-state index contributed by atoms with van der Waals surface area (Å²) in [5.41, 5.74) is -1.57. The van der Waals surface area contributed by atoms with Crippen LogP contribution in [0.1, 0.15) is 62.5 Å². The maximum atomic E-state index is 12.6. The third-order valence-electron chi connectivity index (χ3n) is 7.74. The molecule has 53 heavy (non-hydrogen) atoms. The van der Waals surface area contributed by atoms with Gasteiger partial charge in [-0.05, 0) is 61.8 Å². The molecule has 2 aromatic rings. The molecule has 0 radical (unpaired) electrons. The Balaban J connectivity index is 1.82. The second kappa shape index (κ2) is 22.1. The average molecular weight is 741 g/mol. The summed E-state index contributed by atoms with van der Waals surface area (Å²) in [6, 6.07) is 14.6. The zero-order chi connectivity index (χ0) is 39.4. The maximum Gasteiger partial charge on any atom is 0.336 e. The summed E-state index contributed by atoms with van der Waals surface area (Å²) >= 11 is 0. The van der Waals surface area contributed by atoms with Gasteiger partial charge in [-0.25, -0.2) is 24.5 Å². The summed E-state index contributed by atoms with van der Waals surface area (Å²) in [6.07, 6.45) is 2.90. The van der Waals surface area contributed by atoms with Crippen molar-refractivity contribution in [2.24, 2.45) is 0 Å². The molecule has 0 fully saturated rings. The van der Waals surface area contributed by atoms with Crippen LogP contribution < -0.4 is 10.6 Å². The molecule has 0 aliphatic rings. The van der Waals surface area contributed by atoms with Gasteiger partial charge in [0.25, 0.3) is 11.8 Å². The Kier molecular flexibility index (Phi) is 18.1. The van der Waals surface area contributed by atoms with Crippen LogP contribution in [0.2, 0.25) is 0 Å². The van der Waals surface area contributed by atoms with E-state index in [4.69, 9.17) is 0 Å². The minimum Gasteiger partial charge on any atom is -0.480 e. The summed E-state index contributed by atoms with van der Waals surface area (Å²) in [4.78, 5) is 84.8. The van der Waals surface area contributed by atoms with Crippen LogP contribution in [0, 0.1) is 0 Å². The van der Waals surface area contributed by atoms with E-state index in [-0.39, 0.29) is 51.6 Å². The first kappa shape index (κ1) is 43.3. The molecule has 0 spiro atoms. The summed E-state index contributed by atoms with van der Waals surface area (Å²) in [6.45, 7) is -0.314. The smallest absolute Gasteiger partial charge is 0.336 e. The van der Waals surface area contributed by atoms with Crippen molar-refractivity contribution >= 4 is 53.7 Å². The first-order chi connectivity index (χ1) is 25.1. The van der Waals surface area contributed by atoms with Gasteiger partial charge in [-0.3, -0.25) is 29.6 Å². The van der Waals surface area contributed by atoms with Crippen LogP contribution in [0.3, 0.4) is 0 Å². The lowest BCUT2D eigenvalue weighted by molar-refractivity contribution is -0.165. The Morgan fingerprint density at radius 2 is 0.962 bits per heavy atom. The first-order valence-electron chi connectivity index (χ1n) is 16.6. The molecule has 0 aliphatic heterocycles. The number of nitrogens with zero attached hydrogens (tertiary/aromatic N) is 2. The van der Waals surface area contributed by atoms with E-state index in [1.807, 2.05) is 0 Å². The summed E-state index contributed by atoms with van der Waals surface area (Å²) < 4.78 is 0. The quantitative estimate of drug-likeness (QED) is 0.0351. The molecule has 0 saturated carbocycles. The number of carboxylic acid groups (broad SMARTS) is 3. The van der Waals surface area contributed by atoms with Gasteiger partial charge in [0, 0.05) is 25.2 Å². The summed E-state index contributed by atoms with van der Waals surface area (Å²) in [5.74, 6) is -8.84. The monoisotopic (exact) mass is 740 g/mol. The fourth-order valence-corrected chi connectivity index (χ4v) is 4.83. The molecule has 0 heterocycles. The number of aliphatic carboxylic acids is 3. The van der Waals surface area contributed by atoms with Gasteiger partial charge >= 0.3 is 17.9 Å². The van der Waals surface area contributed by atoms with E-state index in [1.165, 1.54) is 12.2 Å². The van der Waals surface area contributed by atoms with E-state index in [9.17, 15) is 64.4 Å². The third kappa shape index (κ3) is 16.3. The predicted molar refractivity (Wildman–Crippen MR) is 187 cm³/mol. The van der Waals surface area contributed by atoms with E-state index in [0.29, 0.717) is 10.1 Å². The van der Waals surface area contributed by atoms with Crippen LogP contribution in [0.15, 0.2) is 72.8 Å². The van der Waals surface area contributed by atoms with Gasteiger partial charge in [0.2, 0.25) is 11.8 Å². The number of amides is 4. The fourth-order valence-electron chi connectivity index (χ4n) is 4.83. The van der Waals surface area contributed by atoms with Crippen molar-refractivity contribution in [1.29, 1.82) is 0 Å². The number of unbranched alkanes of at least 4 members (excludes halogenated alkanes) is 2. The Hall–Kier alpha value is -5.91. The molecule has 0 aromatic heterocycles. The molecule has 8 N–H and O–H groups in total. The number of carbonyl (C=O) groups excluding carboxylic acids is 4. The molecule has 2 rings (SSSR count). The number of benzene rings is 2. The second-order valence-corrected chi connectivity index (χ2v) is 12.0. The van der Waals surface area contributed by atoms with E-state index >= 15 is 0 Å². The number of nitrogens with one attached hydrogen (secondary N) is 2. The summed E-state index contributed by atoms with van der Waals surface area (Å²) in [7, 11) is 0. The van der Waals surface area contributed by atoms with E-state index in [0.717, 1.165) is 23.3 Å². The minimum absolute atomic E-state index is 0.101. The molecule has 2 unspecified atom stereocenters. The number of hydroxylamine groups is 4. The highest BCUT2D eigenvalue weighted by atomic mass is 16.5. The molecule has 0 aliphatic carbocycles. The highest BCUT2D eigenvalue weighted by molar-refractivity contribution is 5.94. The molecule has 2 atom stereocenters. The first-order valence-corrected chi connectivity index (χ1v) is 16.6. The Morgan fingerprint density at radius 3 is 1.28 bits per heavy atom. The normalized spacial score (nSPS) is 13.4. The molecule has 17 heteroatoms. The number of hydrogen-bond acceptors (Lipinski definition) is 10. The van der Waals surface area contributed by atoms with E-state index in [2.05, 4.69) is 10.6 Å². The lowest BCUT2D eigenvalue weighted by Gasteiger charge is -2.24. The lowest BCUT2D eigenvalue weighted by atomic mass is 9.94. The van der Waals surface area contributed by atoms with Crippen molar-refractivity contribution in [3.8, 4) is 0 Å². The number of rotatable bonds is 23. The summed E-state index contributed by atoms with van der Waals surface area (Å²) in [5, 5.41) is 64.3. The van der Waals surface area contributed by atoms with Gasteiger partial charge in [0.1, 0.15) is 12.1 Å². The Morgan fingerprint density at radius 1 is 0.604 bits per heavy atom. The van der Waals surface area contributed by atoms with Gasteiger partial charge in [-0.15, -0.1) is 0 Å². The molecule has 4 amide bonds. The molecular formula is C36H44N4O13. The van der Waals surface area contributed by atoms with Crippen molar-refractivity contribution in [2.45, 2.75) is 69.1 Å². The van der Waals surface area contributed by atoms with Gasteiger partial charge in [-0.2, -0.15) is 0 Å². The van der Waals surface area contributed by atoms with Crippen LogP contribution in [0.4, 0.5) is 0 Å². The van der Waals surface area contributed by atoms with Crippen LogP contribution in [-0.2, 0) is 33.6 Å². The van der Waals surface area contributed by atoms with Crippen molar-refractivity contribution in [1.82, 2.24) is 20.8 Å². The Labute approximate surface area is 304 Å². The van der Waals surface area contributed by atoms with Crippen molar-refractivity contribution in [3.05, 3.63) is 83.9 Å². The average Bonchev–Trinajstić information content (AvgIpc) is 3.12. The highest BCUT2D eigenvalue weighted by Crippen LogP contribution is 2.18. The second-order valence-electron chi connectivity index (χ2n) is 12.0. The standard InChI is InChI=1S/C36H44N4O13/c41-29(37-27(33(45)46)15-7-9-21-39(52)31(43)19-17-25-11-3-1-4-12-25)23-36(51,35(49)50)24-30(42)38-28(34(47)48)16-8-10-22-40(53)32(44)20-18-26-13-5-2-6-14-26/h1-6,11-14,17-20,27-28,51-53H,7-10,15-16,21-24H2,(H,37,41)(H,38,42)(H,45,46)(H,47,48)(H,49,50). The predicted octanol–water partition coefficient (Wildman–Crippen LogP) is 1.92. The van der Waals surface area contributed by atoms with Gasteiger partial charge < -0.3 is 31.1 Å². The topological polar surface area (TPSA) is 271 Å². The van der Waals surface area contributed by atoms with Crippen molar-refractivity contribution < 1.29 is 64.4 Å². The van der Waals surface area contributed by atoms with Gasteiger partial charge in [-0.1, -0.05) is 60.7 Å². The fraction of sp³-hybridized carbons (Fsp3) is 0.361. The molecular weight excluding hydrogens is 696 g/mol. The van der Waals surface area contributed by atoms with Gasteiger partial charge in [0.05, 0.1) is 12.8 Å². The van der Waals surface area contributed by atoms with E-state index < -0.39 is 72.1 Å². The Bertz CT molecular complexity index is 1510.